The molecule has 1 aliphatic carbocycles. The standard InChI is InChI=1S/C23H32N2O2/c1-23(2,3)17-10-8-15(9-11-17)21-18-13-25(14-19(18)21)22(27)16-6-4-5-7-20(26)24-12-16/h8-11,16,18-19,21H,4-7,12-14H2,1-3H3,(H,24,26)/t16-,18-,19+,21?/m1/s1. The Bertz CT molecular complexity index is 707. The predicted octanol–water partition coefficient (Wildman–Crippen LogP) is 3.46. The van der Waals surface area contributed by atoms with Gasteiger partial charge in [0.2, 0.25) is 11.8 Å². The Morgan fingerprint density at radius 3 is 2.37 bits per heavy atom. The molecule has 4 heteroatoms. The summed E-state index contributed by atoms with van der Waals surface area (Å²) in [5, 5.41) is 2.93. The largest absolute Gasteiger partial charge is 0.355 e. The minimum atomic E-state index is -0.0312. The first-order valence-electron chi connectivity index (χ1n) is 10.5. The fourth-order valence-electron chi connectivity index (χ4n) is 4.98. The van der Waals surface area contributed by atoms with Crippen molar-refractivity contribution in [2.75, 3.05) is 19.6 Å². The van der Waals surface area contributed by atoms with Crippen LogP contribution in [-0.2, 0) is 15.0 Å². The lowest BCUT2D eigenvalue weighted by Gasteiger charge is -2.27. The number of carbonyl (C=O) groups is 2. The number of piperidine rings is 1. The van der Waals surface area contributed by atoms with Gasteiger partial charge >= 0.3 is 0 Å². The maximum atomic E-state index is 12.9. The average molecular weight is 369 g/mol. The van der Waals surface area contributed by atoms with Crippen LogP contribution >= 0.6 is 0 Å². The second-order valence-electron chi connectivity index (χ2n) is 9.72. The minimum absolute atomic E-state index is 0.0312. The average Bonchev–Trinajstić information content (AvgIpc) is 3.11. The van der Waals surface area contributed by atoms with Crippen molar-refractivity contribution in [2.45, 2.75) is 57.8 Å². The molecule has 27 heavy (non-hydrogen) atoms. The highest BCUT2D eigenvalue weighted by atomic mass is 16.2. The Morgan fingerprint density at radius 1 is 1.07 bits per heavy atom. The van der Waals surface area contributed by atoms with Crippen molar-refractivity contribution in [3.63, 3.8) is 0 Å². The van der Waals surface area contributed by atoms with Crippen LogP contribution < -0.4 is 5.32 Å². The molecular formula is C23H32N2O2. The number of carbonyl (C=O) groups excluding carboxylic acids is 2. The summed E-state index contributed by atoms with van der Waals surface area (Å²) in [5.74, 6) is 2.19. The third-order valence-electron chi connectivity index (χ3n) is 6.77. The summed E-state index contributed by atoms with van der Waals surface area (Å²) in [5.41, 5.74) is 3.00. The third-order valence-corrected chi connectivity index (χ3v) is 6.77. The van der Waals surface area contributed by atoms with Crippen molar-refractivity contribution in [3.8, 4) is 0 Å². The van der Waals surface area contributed by atoms with E-state index in [9.17, 15) is 9.59 Å². The van der Waals surface area contributed by atoms with Crippen LogP contribution in [0.2, 0.25) is 0 Å². The highest BCUT2D eigenvalue weighted by molar-refractivity contribution is 5.81. The highest BCUT2D eigenvalue weighted by Crippen LogP contribution is 2.58. The second kappa shape index (κ2) is 6.96. The van der Waals surface area contributed by atoms with Crippen LogP contribution in [0.25, 0.3) is 0 Å². The van der Waals surface area contributed by atoms with E-state index in [4.69, 9.17) is 0 Å². The SMILES string of the molecule is CC(C)(C)c1ccc(C2[C@H]3CN(C(=O)[C@@H]4CCCCC(=O)NC4)C[C@@H]23)cc1. The van der Waals surface area contributed by atoms with Crippen molar-refractivity contribution in [1.29, 1.82) is 0 Å². The van der Waals surface area contributed by atoms with Crippen LogP contribution in [0.1, 0.15) is 63.5 Å². The molecule has 4 rings (SSSR count). The number of hydrogen-bond donors (Lipinski definition) is 1. The summed E-state index contributed by atoms with van der Waals surface area (Å²) >= 11 is 0. The van der Waals surface area contributed by atoms with Gasteiger partial charge in [-0.05, 0) is 47.1 Å². The Hall–Kier alpha value is -1.84. The van der Waals surface area contributed by atoms with Crippen molar-refractivity contribution >= 4 is 11.8 Å². The number of likely N-dealkylation sites (tertiary alicyclic amines) is 1. The monoisotopic (exact) mass is 368 g/mol. The van der Waals surface area contributed by atoms with Crippen LogP contribution in [0.4, 0.5) is 0 Å². The van der Waals surface area contributed by atoms with Crippen LogP contribution in [0.3, 0.4) is 0 Å². The lowest BCUT2D eigenvalue weighted by molar-refractivity contribution is -0.135. The van der Waals surface area contributed by atoms with Crippen LogP contribution in [0.15, 0.2) is 24.3 Å². The smallest absolute Gasteiger partial charge is 0.227 e. The minimum Gasteiger partial charge on any atom is -0.355 e. The zero-order valence-electron chi connectivity index (χ0n) is 16.8. The molecule has 4 nitrogen and oxygen atoms in total. The number of rotatable bonds is 2. The Balaban J connectivity index is 1.34. The van der Waals surface area contributed by atoms with Gasteiger partial charge in [-0.2, -0.15) is 0 Å². The van der Waals surface area contributed by atoms with E-state index in [1.165, 1.54) is 11.1 Å². The molecule has 1 N–H and O–H groups in total. The Morgan fingerprint density at radius 2 is 1.74 bits per heavy atom. The maximum absolute atomic E-state index is 12.9. The topological polar surface area (TPSA) is 49.4 Å². The molecule has 0 bridgehead atoms. The van der Waals surface area contributed by atoms with Gasteiger partial charge in [0.25, 0.3) is 0 Å². The fourth-order valence-corrected chi connectivity index (χ4v) is 4.98. The second-order valence-corrected chi connectivity index (χ2v) is 9.72. The molecular weight excluding hydrogens is 336 g/mol. The van der Waals surface area contributed by atoms with Gasteiger partial charge in [-0.25, -0.2) is 0 Å². The first-order valence-corrected chi connectivity index (χ1v) is 10.5. The molecule has 2 saturated heterocycles. The molecule has 3 aliphatic rings. The normalized spacial score (nSPS) is 30.9. The van der Waals surface area contributed by atoms with E-state index in [0.717, 1.165) is 32.4 Å². The van der Waals surface area contributed by atoms with Crippen molar-refractivity contribution in [2.24, 2.45) is 17.8 Å². The van der Waals surface area contributed by atoms with E-state index in [0.29, 0.717) is 30.7 Å². The van der Waals surface area contributed by atoms with E-state index in [1.807, 2.05) is 0 Å². The fraction of sp³-hybridized carbons (Fsp3) is 0.652. The van der Waals surface area contributed by atoms with Gasteiger partial charge < -0.3 is 10.2 Å². The Labute approximate surface area is 162 Å². The Kier molecular flexibility index (Phi) is 4.77. The zero-order valence-corrected chi connectivity index (χ0v) is 16.8. The molecule has 0 aromatic heterocycles. The van der Waals surface area contributed by atoms with Crippen molar-refractivity contribution in [1.82, 2.24) is 10.2 Å². The number of amides is 2. The molecule has 1 aromatic carbocycles. The molecule has 2 aliphatic heterocycles. The molecule has 1 saturated carbocycles. The van der Waals surface area contributed by atoms with E-state index in [1.54, 1.807) is 0 Å². The van der Waals surface area contributed by atoms with E-state index in [2.05, 4.69) is 55.3 Å². The quantitative estimate of drug-likeness (QED) is 0.869. The number of benzene rings is 1. The third kappa shape index (κ3) is 3.76. The highest BCUT2D eigenvalue weighted by Gasteiger charge is 2.57. The van der Waals surface area contributed by atoms with Crippen LogP contribution in [-0.4, -0.2) is 36.3 Å². The molecule has 1 aromatic rings. The van der Waals surface area contributed by atoms with Crippen LogP contribution in [0.5, 0.6) is 0 Å². The van der Waals surface area contributed by atoms with Gasteiger partial charge in [0.1, 0.15) is 0 Å². The molecule has 2 amide bonds. The van der Waals surface area contributed by atoms with Crippen molar-refractivity contribution in [3.05, 3.63) is 35.4 Å². The van der Waals surface area contributed by atoms with Gasteiger partial charge in [-0.3, -0.25) is 9.59 Å². The molecule has 0 spiro atoms. The zero-order chi connectivity index (χ0) is 19.2. The number of fused-ring (bicyclic) bond motifs is 1. The first-order chi connectivity index (χ1) is 12.8. The number of nitrogens with zero attached hydrogens (tertiary/aromatic N) is 1. The maximum Gasteiger partial charge on any atom is 0.227 e. The van der Waals surface area contributed by atoms with E-state index >= 15 is 0 Å². The van der Waals surface area contributed by atoms with Gasteiger partial charge in [0.15, 0.2) is 0 Å². The summed E-state index contributed by atoms with van der Waals surface area (Å²) < 4.78 is 0. The number of hydrogen-bond acceptors (Lipinski definition) is 2. The van der Waals surface area contributed by atoms with Gasteiger partial charge in [-0.1, -0.05) is 51.5 Å². The summed E-state index contributed by atoms with van der Waals surface area (Å²) in [7, 11) is 0. The van der Waals surface area contributed by atoms with E-state index in [-0.39, 0.29) is 23.1 Å². The molecule has 0 radical (unpaired) electrons. The summed E-state index contributed by atoms with van der Waals surface area (Å²) in [4.78, 5) is 26.6. The van der Waals surface area contributed by atoms with Gasteiger partial charge in [0.05, 0.1) is 5.92 Å². The summed E-state index contributed by atoms with van der Waals surface area (Å²) in [6.07, 6.45) is 3.38. The van der Waals surface area contributed by atoms with Gasteiger partial charge in [-0.15, -0.1) is 0 Å². The predicted molar refractivity (Wildman–Crippen MR) is 106 cm³/mol. The molecule has 1 unspecified atom stereocenters. The number of nitrogens with one attached hydrogen (secondary N) is 1. The molecule has 146 valence electrons. The summed E-state index contributed by atoms with van der Waals surface area (Å²) in [6, 6.07) is 9.12. The van der Waals surface area contributed by atoms with E-state index < -0.39 is 0 Å². The van der Waals surface area contributed by atoms with Gasteiger partial charge in [0, 0.05) is 26.1 Å². The lowest BCUT2D eigenvalue weighted by atomic mass is 9.86. The first kappa shape index (κ1) is 18.5. The molecule has 2 heterocycles. The van der Waals surface area contributed by atoms with Crippen molar-refractivity contribution < 1.29 is 9.59 Å². The lowest BCUT2D eigenvalue weighted by Crippen LogP contribution is -2.42. The summed E-state index contributed by atoms with van der Waals surface area (Å²) in [6.45, 7) is 9.03. The molecule has 4 atom stereocenters. The van der Waals surface area contributed by atoms with Crippen LogP contribution in [0, 0.1) is 17.8 Å². The molecule has 3 fully saturated rings.